The Morgan fingerprint density at radius 3 is 1.94 bits per heavy atom. The van der Waals surface area contributed by atoms with Gasteiger partial charge in [-0.3, -0.25) is 4.79 Å². The molecule has 0 bridgehead atoms. The molecule has 11 heteroatoms. The predicted molar refractivity (Wildman–Crippen MR) is 122 cm³/mol. The van der Waals surface area contributed by atoms with Crippen LogP contribution in [-0.2, 0) is 20.0 Å². The Kier molecular flexibility index (Phi) is 6.76. The van der Waals surface area contributed by atoms with E-state index < -0.39 is 20.0 Å². The third kappa shape index (κ3) is 4.77. The van der Waals surface area contributed by atoms with Crippen molar-refractivity contribution in [1.82, 2.24) is 13.5 Å². The zero-order valence-corrected chi connectivity index (χ0v) is 20.0. The van der Waals surface area contributed by atoms with Crippen LogP contribution in [0.4, 0.5) is 0 Å². The summed E-state index contributed by atoms with van der Waals surface area (Å²) in [6, 6.07) is 12.3. The number of amides is 1. The Bertz CT molecular complexity index is 1220. The molecule has 9 nitrogen and oxygen atoms in total. The number of piperazine rings is 1. The number of ether oxygens (including phenoxy) is 1. The fraction of sp³-hybridized carbons (Fsp3) is 0.409. The zero-order chi connectivity index (χ0) is 23.6. The number of sulfonamides is 2. The van der Waals surface area contributed by atoms with Gasteiger partial charge in [-0.25, -0.2) is 16.8 Å². The second kappa shape index (κ2) is 9.41. The topological polar surface area (TPSA) is 104 Å². The summed E-state index contributed by atoms with van der Waals surface area (Å²) in [5, 5.41) is 0. The first-order chi connectivity index (χ1) is 15.7. The summed E-state index contributed by atoms with van der Waals surface area (Å²) in [7, 11) is -5.79. The van der Waals surface area contributed by atoms with Crippen molar-refractivity contribution >= 4 is 26.0 Å². The summed E-state index contributed by atoms with van der Waals surface area (Å²) in [6.07, 6.45) is 1.67. The van der Waals surface area contributed by atoms with Crippen molar-refractivity contribution in [2.24, 2.45) is 0 Å². The van der Waals surface area contributed by atoms with Gasteiger partial charge in [0.2, 0.25) is 20.0 Å². The molecule has 4 rings (SSSR count). The van der Waals surface area contributed by atoms with Crippen molar-refractivity contribution in [2.45, 2.75) is 22.6 Å². The van der Waals surface area contributed by atoms with E-state index in [1.54, 1.807) is 29.2 Å². The van der Waals surface area contributed by atoms with Crippen LogP contribution >= 0.6 is 0 Å². The second-order valence-corrected chi connectivity index (χ2v) is 11.9. The predicted octanol–water partition coefficient (Wildman–Crippen LogP) is 1.63. The number of carbonyl (C=O) groups excluding carboxylic acids is 1. The first kappa shape index (κ1) is 23.7. The molecule has 178 valence electrons. The summed E-state index contributed by atoms with van der Waals surface area (Å²) in [4.78, 5) is 14.9. The highest BCUT2D eigenvalue weighted by molar-refractivity contribution is 7.89. The van der Waals surface area contributed by atoms with Crippen LogP contribution in [0.1, 0.15) is 23.2 Å². The zero-order valence-electron chi connectivity index (χ0n) is 18.4. The van der Waals surface area contributed by atoms with Gasteiger partial charge in [-0.2, -0.15) is 8.61 Å². The van der Waals surface area contributed by atoms with Gasteiger partial charge in [0.25, 0.3) is 5.91 Å². The summed E-state index contributed by atoms with van der Waals surface area (Å²) >= 11 is 0. The normalized spacial score (nSPS) is 18.4. The highest BCUT2D eigenvalue weighted by atomic mass is 32.2. The number of methoxy groups -OCH3 is 1. The molecule has 0 atom stereocenters. The smallest absolute Gasteiger partial charge is 0.253 e. The molecular weight excluding hydrogens is 466 g/mol. The van der Waals surface area contributed by atoms with Gasteiger partial charge in [-0.05, 0) is 55.3 Å². The molecule has 0 radical (unpaired) electrons. The molecule has 1 amide bonds. The number of nitrogens with zero attached hydrogens (tertiary/aromatic N) is 3. The van der Waals surface area contributed by atoms with E-state index in [1.165, 1.54) is 40.0 Å². The Labute approximate surface area is 194 Å². The lowest BCUT2D eigenvalue weighted by Crippen LogP contribution is -2.50. The number of hydrogen-bond acceptors (Lipinski definition) is 6. The van der Waals surface area contributed by atoms with E-state index in [0.29, 0.717) is 18.8 Å². The van der Waals surface area contributed by atoms with Gasteiger partial charge in [-0.15, -0.1) is 0 Å². The number of benzene rings is 2. The van der Waals surface area contributed by atoms with Crippen molar-refractivity contribution in [2.75, 3.05) is 46.4 Å². The Morgan fingerprint density at radius 2 is 1.33 bits per heavy atom. The summed E-state index contributed by atoms with van der Waals surface area (Å²) < 4.78 is 59.4. The van der Waals surface area contributed by atoms with E-state index in [4.69, 9.17) is 4.74 Å². The van der Waals surface area contributed by atoms with Crippen molar-refractivity contribution < 1.29 is 26.4 Å². The van der Waals surface area contributed by atoms with Crippen molar-refractivity contribution in [3.8, 4) is 5.75 Å². The van der Waals surface area contributed by atoms with E-state index >= 15 is 0 Å². The summed E-state index contributed by atoms with van der Waals surface area (Å²) in [5.41, 5.74) is 0.279. The monoisotopic (exact) mass is 493 g/mol. The average Bonchev–Trinajstić information content (AvgIpc) is 3.40. The molecule has 0 N–H and O–H groups in total. The minimum Gasteiger partial charge on any atom is -0.497 e. The van der Waals surface area contributed by atoms with Crippen LogP contribution in [0, 0.1) is 0 Å². The molecule has 2 heterocycles. The molecule has 0 unspecified atom stereocenters. The summed E-state index contributed by atoms with van der Waals surface area (Å²) in [5.74, 6) is 0.258. The van der Waals surface area contributed by atoms with Crippen LogP contribution in [0.25, 0.3) is 0 Å². The van der Waals surface area contributed by atoms with Crippen LogP contribution in [0.5, 0.6) is 5.75 Å². The first-order valence-corrected chi connectivity index (χ1v) is 13.7. The van der Waals surface area contributed by atoms with Crippen molar-refractivity contribution in [1.29, 1.82) is 0 Å². The molecule has 0 saturated carbocycles. The van der Waals surface area contributed by atoms with Gasteiger partial charge in [-0.1, -0.05) is 6.07 Å². The molecule has 0 aliphatic carbocycles. The van der Waals surface area contributed by atoms with E-state index in [0.717, 1.165) is 12.8 Å². The average molecular weight is 494 g/mol. The molecule has 2 aromatic carbocycles. The van der Waals surface area contributed by atoms with Gasteiger partial charge < -0.3 is 9.64 Å². The summed E-state index contributed by atoms with van der Waals surface area (Å²) in [6.45, 7) is 1.74. The van der Waals surface area contributed by atoms with E-state index in [-0.39, 0.29) is 47.4 Å². The third-order valence-corrected chi connectivity index (χ3v) is 9.81. The SMILES string of the molecule is COc1ccc(S(=O)(=O)N2CCN(C(=O)c3cccc(S(=O)(=O)N4CCCC4)c3)CC2)cc1. The molecule has 2 aromatic rings. The van der Waals surface area contributed by atoms with Gasteiger partial charge in [0.05, 0.1) is 16.9 Å². The highest BCUT2D eigenvalue weighted by Crippen LogP contribution is 2.24. The molecule has 33 heavy (non-hydrogen) atoms. The van der Waals surface area contributed by atoms with E-state index in [1.807, 2.05) is 0 Å². The Morgan fingerprint density at radius 1 is 0.758 bits per heavy atom. The molecule has 2 fully saturated rings. The van der Waals surface area contributed by atoms with Crippen LogP contribution in [0.3, 0.4) is 0 Å². The maximum Gasteiger partial charge on any atom is 0.253 e. The lowest BCUT2D eigenvalue weighted by molar-refractivity contribution is 0.0697. The Balaban J connectivity index is 1.44. The maximum absolute atomic E-state index is 13.0. The van der Waals surface area contributed by atoms with Gasteiger partial charge in [0.15, 0.2) is 0 Å². The molecule has 0 aromatic heterocycles. The quantitative estimate of drug-likeness (QED) is 0.606. The van der Waals surface area contributed by atoms with E-state index in [9.17, 15) is 21.6 Å². The van der Waals surface area contributed by atoms with Gasteiger partial charge in [0, 0.05) is 44.8 Å². The fourth-order valence-electron chi connectivity index (χ4n) is 4.08. The first-order valence-electron chi connectivity index (χ1n) is 10.8. The fourth-order valence-corrected chi connectivity index (χ4v) is 7.06. The number of rotatable bonds is 6. The minimum atomic E-state index is -3.68. The third-order valence-electron chi connectivity index (χ3n) is 6.01. The Hall–Kier alpha value is -2.47. The molecule has 2 saturated heterocycles. The lowest BCUT2D eigenvalue weighted by Gasteiger charge is -2.34. The van der Waals surface area contributed by atoms with Crippen molar-refractivity contribution in [3.63, 3.8) is 0 Å². The van der Waals surface area contributed by atoms with Crippen molar-refractivity contribution in [3.05, 3.63) is 54.1 Å². The molecular formula is C22H27N3O6S2. The molecule has 2 aliphatic rings. The standard InChI is InChI=1S/C22H27N3O6S2/c1-31-19-7-9-20(10-8-19)32(27,28)25-15-13-23(14-16-25)22(26)18-5-4-6-21(17-18)33(29,30)24-11-2-3-12-24/h4-10,17H,2-3,11-16H2,1H3. The van der Waals surface area contributed by atoms with Crippen LogP contribution in [0.2, 0.25) is 0 Å². The van der Waals surface area contributed by atoms with Crippen LogP contribution in [-0.4, -0.2) is 82.6 Å². The largest absolute Gasteiger partial charge is 0.497 e. The highest BCUT2D eigenvalue weighted by Gasteiger charge is 2.32. The molecule has 2 aliphatic heterocycles. The maximum atomic E-state index is 13.0. The van der Waals surface area contributed by atoms with Gasteiger partial charge in [0.1, 0.15) is 5.75 Å². The van der Waals surface area contributed by atoms with Crippen LogP contribution in [0.15, 0.2) is 58.3 Å². The molecule has 0 spiro atoms. The number of carbonyl (C=O) groups is 1. The van der Waals surface area contributed by atoms with Crippen LogP contribution < -0.4 is 4.74 Å². The van der Waals surface area contributed by atoms with Gasteiger partial charge >= 0.3 is 0 Å². The second-order valence-electron chi connectivity index (χ2n) is 8.01. The van der Waals surface area contributed by atoms with E-state index in [2.05, 4.69) is 0 Å². The minimum absolute atomic E-state index is 0.107. The number of hydrogen-bond donors (Lipinski definition) is 0. The lowest BCUT2D eigenvalue weighted by atomic mass is 10.2.